The maximum absolute atomic E-state index is 11.9. The summed E-state index contributed by atoms with van der Waals surface area (Å²) >= 11 is 1.74. The predicted molar refractivity (Wildman–Crippen MR) is 93.4 cm³/mol. The van der Waals surface area contributed by atoms with Gasteiger partial charge >= 0.3 is 0 Å². The monoisotopic (exact) mass is 334 g/mol. The maximum atomic E-state index is 11.9. The Balaban J connectivity index is 1.74. The van der Waals surface area contributed by atoms with E-state index in [2.05, 4.69) is 28.7 Å². The van der Waals surface area contributed by atoms with E-state index in [0.29, 0.717) is 6.54 Å². The van der Waals surface area contributed by atoms with Crippen molar-refractivity contribution in [3.8, 4) is 0 Å². The van der Waals surface area contributed by atoms with Crippen LogP contribution in [0.1, 0.15) is 10.4 Å². The lowest BCUT2D eigenvalue weighted by atomic mass is 10.2. The minimum atomic E-state index is 0.196. The van der Waals surface area contributed by atoms with Crippen LogP contribution < -0.4 is 9.80 Å². The number of carbonyl (C=O) groups excluding carboxylic acids is 1. The average Bonchev–Trinajstić information content (AvgIpc) is 2.83. The van der Waals surface area contributed by atoms with Gasteiger partial charge in [-0.15, -0.1) is 11.3 Å². The van der Waals surface area contributed by atoms with E-state index < -0.39 is 0 Å². The van der Waals surface area contributed by atoms with Gasteiger partial charge in [-0.25, -0.2) is 9.97 Å². The number of nitrogens with zero attached hydrogens (tertiary/aromatic N) is 4. The van der Waals surface area contributed by atoms with Crippen LogP contribution in [0.25, 0.3) is 10.2 Å². The van der Waals surface area contributed by atoms with Gasteiger partial charge in [0.25, 0.3) is 5.91 Å². The fourth-order valence-corrected chi connectivity index (χ4v) is 3.98. The van der Waals surface area contributed by atoms with Crippen molar-refractivity contribution in [2.24, 2.45) is 0 Å². The molecule has 0 aromatic carbocycles. The van der Waals surface area contributed by atoms with E-state index in [-0.39, 0.29) is 5.91 Å². The molecule has 1 saturated heterocycles. The van der Waals surface area contributed by atoms with Gasteiger partial charge < -0.3 is 14.7 Å². The summed E-state index contributed by atoms with van der Waals surface area (Å²) in [4.78, 5) is 28.6. The second-order valence-corrected chi connectivity index (χ2v) is 7.57. The van der Waals surface area contributed by atoms with Gasteiger partial charge in [-0.2, -0.15) is 0 Å². The summed E-state index contributed by atoms with van der Waals surface area (Å²) in [5, 5.41) is 1.20. The molecular formula is C16H24N5OS+. The Morgan fingerprint density at radius 1 is 1.30 bits per heavy atom. The molecule has 0 aliphatic carbocycles. The van der Waals surface area contributed by atoms with E-state index in [1.165, 1.54) is 20.7 Å². The second-order valence-electron chi connectivity index (χ2n) is 6.36. The third kappa shape index (κ3) is 3.16. The molecule has 3 rings (SSSR count). The Bertz CT molecular complexity index is 719. The van der Waals surface area contributed by atoms with Crippen LogP contribution in [0.5, 0.6) is 0 Å². The van der Waals surface area contributed by atoms with Crippen LogP contribution in [0, 0.1) is 13.8 Å². The first-order chi connectivity index (χ1) is 11.0. The maximum Gasteiger partial charge on any atom is 0.277 e. The highest BCUT2D eigenvalue weighted by Gasteiger charge is 2.25. The van der Waals surface area contributed by atoms with Crippen molar-refractivity contribution in [2.45, 2.75) is 13.8 Å². The summed E-state index contributed by atoms with van der Waals surface area (Å²) in [7, 11) is 3.63. The second kappa shape index (κ2) is 6.41. The number of aromatic nitrogens is 2. The van der Waals surface area contributed by atoms with Crippen LogP contribution in [0.3, 0.4) is 0 Å². The molecule has 1 N–H and O–H groups in total. The van der Waals surface area contributed by atoms with Gasteiger partial charge in [-0.05, 0) is 19.4 Å². The number of thiophene rings is 1. The molecule has 1 amide bonds. The van der Waals surface area contributed by atoms with Crippen LogP contribution in [-0.2, 0) is 4.79 Å². The first-order valence-corrected chi connectivity index (χ1v) is 8.78. The van der Waals surface area contributed by atoms with Crippen LogP contribution in [0.4, 0.5) is 5.82 Å². The third-order valence-corrected chi connectivity index (χ3v) is 5.73. The van der Waals surface area contributed by atoms with E-state index in [9.17, 15) is 4.79 Å². The summed E-state index contributed by atoms with van der Waals surface area (Å²) in [5.41, 5.74) is 1.29. The molecule has 0 saturated carbocycles. The van der Waals surface area contributed by atoms with Crippen molar-refractivity contribution in [1.82, 2.24) is 14.9 Å². The number of nitrogens with one attached hydrogen (secondary N) is 1. The Hall–Kier alpha value is -1.73. The Morgan fingerprint density at radius 2 is 2.00 bits per heavy atom. The molecule has 124 valence electrons. The number of hydrogen-bond acceptors (Lipinski definition) is 5. The number of aryl methyl sites for hydroxylation is 2. The third-order valence-electron chi connectivity index (χ3n) is 4.62. The summed E-state index contributed by atoms with van der Waals surface area (Å²) in [6, 6.07) is 0. The largest absolute Gasteiger partial charge is 0.345 e. The normalized spacial score (nSPS) is 16.1. The van der Waals surface area contributed by atoms with Gasteiger partial charge in [-0.3, -0.25) is 4.79 Å². The van der Waals surface area contributed by atoms with Crippen molar-refractivity contribution >= 4 is 33.3 Å². The highest BCUT2D eigenvalue weighted by atomic mass is 32.1. The number of likely N-dealkylation sites (N-methyl/N-ethyl adjacent to an activating group) is 1. The van der Waals surface area contributed by atoms with Gasteiger partial charge in [0.2, 0.25) is 0 Å². The molecule has 2 aromatic heterocycles. The molecule has 0 bridgehead atoms. The van der Waals surface area contributed by atoms with Gasteiger partial charge in [0, 0.05) is 19.0 Å². The lowest BCUT2D eigenvalue weighted by Crippen LogP contribution is -3.15. The summed E-state index contributed by atoms with van der Waals surface area (Å²) in [6.07, 6.45) is 1.67. The number of carbonyl (C=O) groups is 1. The summed E-state index contributed by atoms with van der Waals surface area (Å²) < 4.78 is 0. The molecule has 1 aliphatic heterocycles. The standard InChI is InChI=1S/C16H23N5OS/c1-11-12(2)23-16-14(11)15(17-10-18-16)21-7-5-20(6-8-21)9-13(22)19(3)4/h10H,5-9H2,1-4H3/p+1. The number of amides is 1. The van der Waals surface area contributed by atoms with Crippen molar-refractivity contribution < 1.29 is 9.69 Å². The lowest BCUT2D eigenvalue weighted by molar-refractivity contribution is -0.892. The van der Waals surface area contributed by atoms with Crippen molar-refractivity contribution in [3.05, 3.63) is 16.8 Å². The molecule has 6 nitrogen and oxygen atoms in total. The average molecular weight is 334 g/mol. The van der Waals surface area contributed by atoms with Crippen LogP contribution in [0.2, 0.25) is 0 Å². The predicted octanol–water partition coefficient (Wildman–Crippen LogP) is 0.101. The molecule has 0 unspecified atom stereocenters. The Morgan fingerprint density at radius 3 is 2.65 bits per heavy atom. The van der Waals surface area contributed by atoms with Gasteiger partial charge in [0.1, 0.15) is 17.0 Å². The molecular weight excluding hydrogens is 310 g/mol. The number of anilines is 1. The minimum Gasteiger partial charge on any atom is -0.345 e. The molecule has 0 radical (unpaired) electrons. The van der Waals surface area contributed by atoms with Crippen molar-refractivity contribution in [3.63, 3.8) is 0 Å². The van der Waals surface area contributed by atoms with E-state index in [1.54, 1.807) is 22.6 Å². The van der Waals surface area contributed by atoms with Gasteiger partial charge in [0.15, 0.2) is 6.54 Å². The molecule has 0 atom stereocenters. The SMILES string of the molecule is Cc1sc2ncnc(N3CC[NH+](CC(=O)N(C)C)CC3)c2c1C. The van der Waals surface area contributed by atoms with E-state index in [0.717, 1.165) is 36.8 Å². The molecule has 1 aliphatic rings. The highest BCUT2D eigenvalue weighted by Crippen LogP contribution is 2.34. The Kier molecular flexibility index (Phi) is 4.50. The minimum absolute atomic E-state index is 0.196. The number of fused-ring (bicyclic) bond motifs is 1. The summed E-state index contributed by atoms with van der Waals surface area (Å²) in [5.74, 6) is 1.25. The molecule has 0 spiro atoms. The first kappa shape index (κ1) is 16.1. The number of quaternary nitrogens is 1. The zero-order chi connectivity index (χ0) is 16.6. The molecule has 23 heavy (non-hydrogen) atoms. The van der Waals surface area contributed by atoms with E-state index >= 15 is 0 Å². The van der Waals surface area contributed by atoms with Crippen LogP contribution >= 0.6 is 11.3 Å². The van der Waals surface area contributed by atoms with E-state index in [4.69, 9.17) is 0 Å². The van der Waals surface area contributed by atoms with E-state index in [1.807, 2.05) is 14.1 Å². The van der Waals surface area contributed by atoms with Gasteiger partial charge in [-0.1, -0.05) is 0 Å². The fraction of sp³-hybridized carbons (Fsp3) is 0.562. The van der Waals surface area contributed by atoms with Crippen LogP contribution in [-0.4, -0.2) is 67.6 Å². The smallest absolute Gasteiger partial charge is 0.277 e. The number of hydrogen-bond donors (Lipinski definition) is 1. The van der Waals surface area contributed by atoms with Crippen molar-refractivity contribution in [1.29, 1.82) is 0 Å². The highest BCUT2D eigenvalue weighted by molar-refractivity contribution is 7.18. The molecule has 2 aromatic rings. The van der Waals surface area contributed by atoms with Gasteiger partial charge in [0.05, 0.1) is 31.6 Å². The topological polar surface area (TPSA) is 53.8 Å². The van der Waals surface area contributed by atoms with Crippen molar-refractivity contribution in [2.75, 3.05) is 51.7 Å². The Labute approximate surface area is 140 Å². The molecule has 7 heteroatoms. The first-order valence-electron chi connectivity index (χ1n) is 7.96. The van der Waals surface area contributed by atoms with Crippen LogP contribution in [0.15, 0.2) is 6.33 Å². The fourth-order valence-electron chi connectivity index (χ4n) is 2.99. The lowest BCUT2D eigenvalue weighted by Gasteiger charge is -2.33. The molecule has 1 fully saturated rings. The zero-order valence-corrected chi connectivity index (χ0v) is 15.0. The number of rotatable bonds is 3. The molecule has 3 heterocycles. The number of piperazine rings is 1. The quantitative estimate of drug-likeness (QED) is 0.865. The summed E-state index contributed by atoms with van der Waals surface area (Å²) in [6.45, 7) is 8.66. The zero-order valence-electron chi connectivity index (χ0n) is 14.2.